The van der Waals surface area contributed by atoms with E-state index in [2.05, 4.69) is 24.1 Å². The molecule has 90 valence electrons. The summed E-state index contributed by atoms with van der Waals surface area (Å²) in [5, 5.41) is 4.03. The predicted octanol–water partition coefficient (Wildman–Crippen LogP) is 2.46. The Morgan fingerprint density at radius 1 is 1.41 bits per heavy atom. The molecule has 0 radical (unpaired) electrons. The second kappa shape index (κ2) is 4.41. The Labute approximate surface area is 106 Å². The molecule has 1 aromatic heterocycles. The summed E-state index contributed by atoms with van der Waals surface area (Å²) < 4.78 is 0. The van der Waals surface area contributed by atoms with Crippen molar-refractivity contribution in [1.82, 2.24) is 10.3 Å². The van der Waals surface area contributed by atoms with Crippen LogP contribution in [0.4, 0.5) is 0 Å². The van der Waals surface area contributed by atoms with Gasteiger partial charge in [0.15, 0.2) is 0 Å². The molecule has 2 heterocycles. The van der Waals surface area contributed by atoms with E-state index in [-0.39, 0.29) is 5.92 Å². The number of nitrogens with two attached hydrogens (primary N) is 1. The SMILES string of the molecule is CC(C)C1(c2cccnc2)NC(N)=CC=C1Cl. The van der Waals surface area contributed by atoms with Gasteiger partial charge in [-0.15, -0.1) is 0 Å². The summed E-state index contributed by atoms with van der Waals surface area (Å²) in [4.78, 5) is 4.16. The van der Waals surface area contributed by atoms with Crippen molar-refractivity contribution in [3.8, 4) is 0 Å². The van der Waals surface area contributed by atoms with Gasteiger partial charge < -0.3 is 11.1 Å². The molecule has 0 saturated carbocycles. The van der Waals surface area contributed by atoms with Gasteiger partial charge in [-0.2, -0.15) is 0 Å². The van der Waals surface area contributed by atoms with E-state index >= 15 is 0 Å². The number of dihydropyridines is 1. The normalized spacial score (nSPS) is 24.0. The van der Waals surface area contributed by atoms with Crippen LogP contribution in [0, 0.1) is 5.92 Å². The van der Waals surface area contributed by atoms with Crippen LogP contribution >= 0.6 is 11.6 Å². The molecule has 1 aliphatic heterocycles. The number of hydrogen-bond acceptors (Lipinski definition) is 3. The topological polar surface area (TPSA) is 50.9 Å². The molecular formula is C13H16ClN3. The van der Waals surface area contributed by atoms with Gasteiger partial charge in [0, 0.05) is 23.0 Å². The van der Waals surface area contributed by atoms with E-state index < -0.39 is 5.54 Å². The minimum atomic E-state index is -0.478. The quantitative estimate of drug-likeness (QED) is 0.847. The van der Waals surface area contributed by atoms with Crippen LogP contribution in [0.15, 0.2) is 47.5 Å². The Morgan fingerprint density at radius 2 is 2.18 bits per heavy atom. The first-order chi connectivity index (χ1) is 8.07. The highest BCUT2D eigenvalue weighted by molar-refractivity contribution is 6.31. The highest BCUT2D eigenvalue weighted by atomic mass is 35.5. The van der Waals surface area contributed by atoms with Crippen LogP contribution in [0.3, 0.4) is 0 Å². The van der Waals surface area contributed by atoms with Gasteiger partial charge >= 0.3 is 0 Å². The molecule has 1 aromatic rings. The molecule has 1 aliphatic rings. The van der Waals surface area contributed by atoms with E-state index in [1.54, 1.807) is 12.3 Å². The monoisotopic (exact) mass is 249 g/mol. The van der Waals surface area contributed by atoms with Crippen molar-refractivity contribution >= 4 is 11.6 Å². The molecule has 1 unspecified atom stereocenters. The predicted molar refractivity (Wildman–Crippen MR) is 70.1 cm³/mol. The van der Waals surface area contributed by atoms with Gasteiger partial charge in [0.2, 0.25) is 0 Å². The van der Waals surface area contributed by atoms with E-state index in [4.69, 9.17) is 17.3 Å². The Bertz CT molecular complexity index is 465. The van der Waals surface area contributed by atoms with Crippen molar-refractivity contribution in [2.24, 2.45) is 11.7 Å². The minimum Gasteiger partial charge on any atom is -0.386 e. The smallest absolute Gasteiger partial charge is 0.103 e. The average molecular weight is 250 g/mol. The van der Waals surface area contributed by atoms with Gasteiger partial charge in [-0.25, -0.2) is 0 Å². The lowest BCUT2D eigenvalue weighted by Crippen LogP contribution is -2.49. The molecule has 17 heavy (non-hydrogen) atoms. The average Bonchev–Trinajstić information content (AvgIpc) is 2.33. The zero-order valence-electron chi connectivity index (χ0n) is 9.94. The van der Waals surface area contributed by atoms with E-state index in [0.717, 1.165) is 10.6 Å². The van der Waals surface area contributed by atoms with Gasteiger partial charge in [0.1, 0.15) is 5.54 Å². The molecule has 0 aliphatic carbocycles. The lowest BCUT2D eigenvalue weighted by molar-refractivity contribution is 0.321. The number of nitrogens with one attached hydrogen (secondary N) is 1. The molecule has 0 aromatic carbocycles. The number of allylic oxidation sites excluding steroid dienone is 2. The third kappa shape index (κ3) is 1.91. The fourth-order valence-corrected chi connectivity index (χ4v) is 2.62. The van der Waals surface area contributed by atoms with Crippen LogP contribution in [-0.2, 0) is 5.54 Å². The zero-order valence-corrected chi connectivity index (χ0v) is 10.7. The maximum atomic E-state index is 6.40. The van der Waals surface area contributed by atoms with Crippen LogP contribution in [0.25, 0.3) is 0 Å². The van der Waals surface area contributed by atoms with Crippen LogP contribution < -0.4 is 11.1 Å². The van der Waals surface area contributed by atoms with Crippen molar-refractivity contribution < 1.29 is 0 Å². The van der Waals surface area contributed by atoms with Crippen molar-refractivity contribution in [3.05, 3.63) is 53.1 Å². The first-order valence-corrected chi connectivity index (χ1v) is 5.97. The molecule has 4 heteroatoms. The summed E-state index contributed by atoms with van der Waals surface area (Å²) in [5.74, 6) is 0.870. The highest BCUT2D eigenvalue weighted by Gasteiger charge is 2.40. The van der Waals surface area contributed by atoms with E-state index in [9.17, 15) is 0 Å². The molecule has 0 amide bonds. The Morgan fingerprint density at radius 3 is 2.76 bits per heavy atom. The lowest BCUT2D eigenvalue weighted by Gasteiger charge is -2.41. The molecule has 0 saturated heterocycles. The molecule has 3 N–H and O–H groups in total. The maximum absolute atomic E-state index is 6.40. The number of halogens is 1. The summed E-state index contributed by atoms with van der Waals surface area (Å²) in [6.45, 7) is 4.21. The first kappa shape index (κ1) is 12.0. The van der Waals surface area contributed by atoms with Gasteiger partial charge in [-0.1, -0.05) is 31.5 Å². The number of nitrogens with zero attached hydrogens (tertiary/aromatic N) is 1. The van der Waals surface area contributed by atoms with Crippen molar-refractivity contribution in [3.63, 3.8) is 0 Å². The summed E-state index contributed by atoms with van der Waals surface area (Å²) in [5.41, 5.74) is 6.42. The summed E-state index contributed by atoms with van der Waals surface area (Å²) in [6.07, 6.45) is 7.19. The van der Waals surface area contributed by atoms with Gasteiger partial charge in [0.05, 0.1) is 5.82 Å². The first-order valence-electron chi connectivity index (χ1n) is 5.59. The lowest BCUT2D eigenvalue weighted by atomic mass is 9.79. The Kier molecular flexibility index (Phi) is 3.11. The van der Waals surface area contributed by atoms with Crippen LogP contribution in [0.1, 0.15) is 19.4 Å². The standard InChI is InChI=1S/C13H16ClN3/c1-9(2)13(10-4-3-7-16-8-10)11(14)5-6-12(15)17-13/h3-9,17H,15H2,1-2H3. The molecule has 3 nitrogen and oxygen atoms in total. The number of rotatable bonds is 2. The van der Waals surface area contributed by atoms with Gasteiger partial charge in [0.25, 0.3) is 0 Å². The zero-order chi connectivity index (χ0) is 12.5. The van der Waals surface area contributed by atoms with Crippen molar-refractivity contribution in [1.29, 1.82) is 0 Å². The van der Waals surface area contributed by atoms with Gasteiger partial charge in [-0.05, 0) is 24.1 Å². The largest absolute Gasteiger partial charge is 0.386 e. The third-order valence-corrected chi connectivity index (χ3v) is 3.53. The molecule has 0 spiro atoms. The molecule has 2 rings (SSSR count). The summed E-state index contributed by atoms with van der Waals surface area (Å²) in [6, 6.07) is 3.91. The van der Waals surface area contributed by atoms with E-state index in [1.807, 2.05) is 24.4 Å². The molecule has 1 atom stereocenters. The highest BCUT2D eigenvalue weighted by Crippen LogP contribution is 2.40. The van der Waals surface area contributed by atoms with Crippen LogP contribution in [0.2, 0.25) is 0 Å². The maximum Gasteiger partial charge on any atom is 0.103 e. The third-order valence-electron chi connectivity index (χ3n) is 3.11. The molecule has 0 bridgehead atoms. The van der Waals surface area contributed by atoms with Crippen LogP contribution in [0.5, 0.6) is 0 Å². The van der Waals surface area contributed by atoms with Gasteiger partial charge in [-0.3, -0.25) is 4.98 Å². The van der Waals surface area contributed by atoms with E-state index in [0.29, 0.717) is 5.82 Å². The fraction of sp³-hybridized carbons (Fsp3) is 0.308. The molecule has 0 fully saturated rings. The molecular weight excluding hydrogens is 234 g/mol. The number of pyridine rings is 1. The minimum absolute atomic E-state index is 0.252. The fourth-order valence-electron chi connectivity index (χ4n) is 2.18. The van der Waals surface area contributed by atoms with E-state index in [1.165, 1.54) is 0 Å². The number of hydrogen-bond donors (Lipinski definition) is 2. The summed E-state index contributed by atoms with van der Waals surface area (Å²) in [7, 11) is 0. The van der Waals surface area contributed by atoms with Crippen molar-refractivity contribution in [2.75, 3.05) is 0 Å². The Balaban J connectivity index is 2.56. The van der Waals surface area contributed by atoms with Crippen LogP contribution in [-0.4, -0.2) is 4.98 Å². The summed E-state index contributed by atoms with van der Waals surface area (Å²) >= 11 is 6.40. The second-order valence-corrected chi connectivity index (χ2v) is 4.87. The second-order valence-electron chi connectivity index (χ2n) is 4.47. The Hall–Kier alpha value is -1.48. The van der Waals surface area contributed by atoms with Crippen molar-refractivity contribution in [2.45, 2.75) is 19.4 Å². The number of aromatic nitrogens is 1.